The highest BCUT2D eigenvalue weighted by molar-refractivity contribution is 7.98. The van der Waals surface area contributed by atoms with Crippen LogP contribution in [0, 0.1) is 5.82 Å². The van der Waals surface area contributed by atoms with Crippen molar-refractivity contribution in [2.45, 2.75) is 17.2 Å². The van der Waals surface area contributed by atoms with Crippen LogP contribution in [-0.4, -0.2) is 4.98 Å². The molecule has 0 bridgehead atoms. The van der Waals surface area contributed by atoms with Crippen LogP contribution in [0.5, 0.6) is 0 Å². The van der Waals surface area contributed by atoms with Gasteiger partial charge in [0.25, 0.3) is 5.22 Å². The molecule has 120 valence electrons. The van der Waals surface area contributed by atoms with Gasteiger partial charge in [0.1, 0.15) is 11.3 Å². The van der Waals surface area contributed by atoms with Gasteiger partial charge < -0.3 is 4.42 Å². The fourth-order valence-corrected chi connectivity index (χ4v) is 2.96. The first-order valence-electron chi connectivity index (χ1n) is 6.37. The molecule has 1 heterocycles. The minimum Gasteiger partial charge on any atom is -0.430 e. The van der Waals surface area contributed by atoms with Crippen molar-refractivity contribution < 1.29 is 22.0 Å². The monoisotopic (exact) mass is 361 g/mol. The molecule has 0 aliphatic carbocycles. The SMILES string of the molecule is Fc1cc(Cl)c2oc(SCc3ccc(C(F)(F)F)cc3)nc2c1. The molecule has 8 heteroatoms. The number of alkyl halides is 3. The molecule has 2 aromatic carbocycles. The lowest BCUT2D eigenvalue weighted by molar-refractivity contribution is -0.137. The van der Waals surface area contributed by atoms with E-state index in [-0.39, 0.29) is 15.8 Å². The lowest BCUT2D eigenvalue weighted by Gasteiger charge is -2.06. The van der Waals surface area contributed by atoms with Gasteiger partial charge in [-0.3, -0.25) is 0 Å². The molecule has 1 aromatic heterocycles. The van der Waals surface area contributed by atoms with E-state index in [1.165, 1.54) is 30.0 Å². The van der Waals surface area contributed by atoms with E-state index in [0.29, 0.717) is 16.8 Å². The fraction of sp³-hybridized carbons (Fsp3) is 0.133. The lowest BCUT2D eigenvalue weighted by Crippen LogP contribution is -2.04. The highest BCUT2D eigenvalue weighted by Crippen LogP contribution is 2.32. The smallest absolute Gasteiger partial charge is 0.416 e. The summed E-state index contributed by atoms with van der Waals surface area (Å²) >= 11 is 7.05. The second kappa shape index (κ2) is 6.05. The summed E-state index contributed by atoms with van der Waals surface area (Å²) in [6.45, 7) is 0. The molecule has 0 N–H and O–H groups in total. The van der Waals surface area contributed by atoms with Crippen molar-refractivity contribution in [1.29, 1.82) is 0 Å². The highest BCUT2D eigenvalue weighted by atomic mass is 35.5. The van der Waals surface area contributed by atoms with Crippen LogP contribution in [-0.2, 0) is 11.9 Å². The highest BCUT2D eigenvalue weighted by Gasteiger charge is 2.29. The van der Waals surface area contributed by atoms with Gasteiger partial charge >= 0.3 is 6.18 Å². The Balaban J connectivity index is 1.74. The molecule has 0 atom stereocenters. The molecular weight excluding hydrogens is 354 g/mol. The van der Waals surface area contributed by atoms with Crippen molar-refractivity contribution in [1.82, 2.24) is 4.98 Å². The maximum atomic E-state index is 13.2. The van der Waals surface area contributed by atoms with Crippen LogP contribution >= 0.6 is 23.4 Å². The number of halogens is 5. The van der Waals surface area contributed by atoms with E-state index >= 15 is 0 Å². The Morgan fingerprint density at radius 1 is 1.13 bits per heavy atom. The Hall–Kier alpha value is -1.73. The molecule has 23 heavy (non-hydrogen) atoms. The quantitative estimate of drug-likeness (QED) is 0.427. The number of benzene rings is 2. The maximum absolute atomic E-state index is 13.2. The molecule has 3 aromatic rings. The van der Waals surface area contributed by atoms with Gasteiger partial charge in [-0.25, -0.2) is 9.37 Å². The molecule has 2 nitrogen and oxygen atoms in total. The maximum Gasteiger partial charge on any atom is 0.416 e. The van der Waals surface area contributed by atoms with Gasteiger partial charge in [0.05, 0.1) is 10.6 Å². The third-order valence-corrected chi connectivity index (χ3v) is 4.21. The molecule has 0 saturated heterocycles. The Morgan fingerprint density at radius 2 is 1.83 bits per heavy atom. The van der Waals surface area contributed by atoms with Gasteiger partial charge in [0.15, 0.2) is 5.58 Å². The Bertz CT molecular complexity index is 845. The molecule has 0 amide bonds. The van der Waals surface area contributed by atoms with Crippen molar-refractivity contribution in [3.63, 3.8) is 0 Å². The Labute approximate surface area is 137 Å². The summed E-state index contributed by atoms with van der Waals surface area (Å²) in [5, 5.41) is 0.390. The summed E-state index contributed by atoms with van der Waals surface area (Å²) in [5.41, 5.74) is 0.561. The van der Waals surface area contributed by atoms with E-state index in [1.54, 1.807) is 0 Å². The summed E-state index contributed by atoms with van der Waals surface area (Å²) in [6.07, 6.45) is -4.35. The summed E-state index contributed by atoms with van der Waals surface area (Å²) in [6, 6.07) is 7.16. The van der Waals surface area contributed by atoms with Gasteiger partial charge in [-0.15, -0.1) is 0 Å². The molecule has 0 aliphatic heterocycles. The molecule has 0 saturated carbocycles. The lowest BCUT2D eigenvalue weighted by atomic mass is 10.1. The van der Waals surface area contributed by atoms with Crippen molar-refractivity contribution in [3.05, 3.63) is 58.4 Å². The number of fused-ring (bicyclic) bond motifs is 1. The predicted molar refractivity (Wildman–Crippen MR) is 80.0 cm³/mol. The molecular formula is C15H8ClF4NOS. The number of nitrogens with zero attached hydrogens (tertiary/aromatic N) is 1. The molecule has 0 spiro atoms. The number of rotatable bonds is 3. The van der Waals surface area contributed by atoms with Gasteiger partial charge in [0.2, 0.25) is 0 Å². The number of oxazole rings is 1. The van der Waals surface area contributed by atoms with Crippen molar-refractivity contribution in [2.75, 3.05) is 0 Å². The minimum absolute atomic E-state index is 0.119. The van der Waals surface area contributed by atoms with Crippen LogP contribution in [0.25, 0.3) is 11.1 Å². The summed E-state index contributed by atoms with van der Waals surface area (Å²) in [7, 11) is 0. The molecule has 0 radical (unpaired) electrons. The number of hydrogen-bond donors (Lipinski definition) is 0. The average molecular weight is 362 g/mol. The van der Waals surface area contributed by atoms with Crippen molar-refractivity contribution in [2.24, 2.45) is 0 Å². The van der Waals surface area contributed by atoms with E-state index in [9.17, 15) is 17.6 Å². The van der Waals surface area contributed by atoms with Gasteiger partial charge in [0, 0.05) is 11.8 Å². The van der Waals surface area contributed by atoms with Crippen LogP contribution in [0.3, 0.4) is 0 Å². The standard InChI is InChI=1S/C15H8ClF4NOS/c16-11-5-10(17)6-12-13(11)22-14(21-12)23-7-8-1-3-9(4-2-8)15(18,19)20/h1-6H,7H2. The second-order valence-electron chi connectivity index (χ2n) is 4.70. The third-order valence-electron chi connectivity index (χ3n) is 3.03. The van der Waals surface area contributed by atoms with Crippen molar-refractivity contribution >= 4 is 34.5 Å². The van der Waals surface area contributed by atoms with Crippen molar-refractivity contribution in [3.8, 4) is 0 Å². The number of hydrogen-bond acceptors (Lipinski definition) is 3. The zero-order valence-electron chi connectivity index (χ0n) is 11.3. The number of aromatic nitrogens is 1. The Kier molecular flexibility index (Phi) is 4.25. The number of thioether (sulfide) groups is 1. The van der Waals surface area contributed by atoms with E-state index in [4.69, 9.17) is 16.0 Å². The normalized spacial score (nSPS) is 12.0. The van der Waals surface area contributed by atoms with Gasteiger partial charge in [-0.1, -0.05) is 35.5 Å². The van der Waals surface area contributed by atoms with Crippen LogP contribution in [0.2, 0.25) is 5.02 Å². The van der Waals surface area contributed by atoms with Gasteiger partial charge in [-0.2, -0.15) is 13.2 Å². The third kappa shape index (κ3) is 3.61. The van der Waals surface area contributed by atoms with Crippen LogP contribution in [0.15, 0.2) is 46.0 Å². The average Bonchev–Trinajstić information content (AvgIpc) is 2.88. The zero-order chi connectivity index (χ0) is 16.6. The molecule has 0 fully saturated rings. The second-order valence-corrected chi connectivity index (χ2v) is 6.03. The van der Waals surface area contributed by atoms with E-state index in [2.05, 4.69) is 4.98 Å². The molecule has 3 rings (SSSR count). The topological polar surface area (TPSA) is 26.0 Å². The zero-order valence-corrected chi connectivity index (χ0v) is 12.9. The summed E-state index contributed by atoms with van der Waals surface area (Å²) < 4.78 is 56.1. The van der Waals surface area contributed by atoms with Gasteiger partial charge in [-0.05, 0) is 23.8 Å². The first kappa shape index (κ1) is 16.1. The minimum atomic E-state index is -4.35. The van der Waals surface area contributed by atoms with E-state index in [0.717, 1.165) is 18.2 Å². The molecule has 0 aliphatic rings. The van der Waals surface area contributed by atoms with E-state index < -0.39 is 17.6 Å². The van der Waals surface area contributed by atoms with Crippen LogP contribution < -0.4 is 0 Å². The predicted octanol–water partition coefficient (Wildman–Crippen LogP) is 5.93. The largest absolute Gasteiger partial charge is 0.430 e. The van der Waals surface area contributed by atoms with Crippen LogP contribution in [0.4, 0.5) is 17.6 Å². The molecule has 0 unspecified atom stereocenters. The first-order chi connectivity index (χ1) is 10.8. The summed E-state index contributed by atoms with van der Waals surface area (Å²) in [5.74, 6) is -0.152. The summed E-state index contributed by atoms with van der Waals surface area (Å²) in [4.78, 5) is 4.10. The van der Waals surface area contributed by atoms with E-state index in [1.807, 2.05) is 0 Å². The first-order valence-corrected chi connectivity index (χ1v) is 7.74. The Morgan fingerprint density at radius 3 is 2.48 bits per heavy atom. The fourth-order valence-electron chi connectivity index (χ4n) is 1.94. The van der Waals surface area contributed by atoms with Crippen LogP contribution in [0.1, 0.15) is 11.1 Å².